The molecule has 19 heavy (non-hydrogen) atoms. The minimum atomic E-state index is -3.58. The van der Waals surface area contributed by atoms with Crippen LogP contribution in [0, 0.1) is 0 Å². The van der Waals surface area contributed by atoms with Crippen molar-refractivity contribution in [2.45, 2.75) is 37.1 Å². The van der Waals surface area contributed by atoms with Gasteiger partial charge in [-0.15, -0.1) is 11.6 Å². The molecule has 6 heteroatoms. The summed E-state index contributed by atoms with van der Waals surface area (Å²) in [6, 6.07) is 4.89. The molecule has 0 spiro atoms. The molecule has 0 aromatic heterocycles. The first kappa shape index (κ1) is 16.3. The standard InChI is InChI=1S/C13H20ClNO3S/c1-5-10(2)15(3)19(16,17)13-8-11(9-14)6-7-12(13)18-4/h6-8,10H,5,9H2,1-4H3. The van der Waals surface area contributed by atoms with Crippen molar-refractivity contribution in [3.8, 4) is 5.75 Å². The van der Waals surface area contributed by atoms with Gasteiger partial charge in [0.05, 0.1) is 7.11 Å². The predicted octanol–water partition coefficient (Wildman–Crippen LogP) is 2.85. The Morgan fingerprint density at radius 1 is 1.42 bits per heavy atom. The Bertz CT molecular complexity index is 531. The van der Waals surface area contributed by atoms with Gasteiger partial charge in [-0.1, -0.05) is 13.0 Å². The summed E-state index contributed by atoms with van der Waals surface area (Å²) in [7, 11) is -0.540. The van der Waals surface area contributed by atoms with E-state index in [2.05, 4.69) is 0 Å². The van der Waals surface area contributed by atoms with Gasteiger partial charge in [-0.25, -0.2) is 8.42 Å². The third-order valence-electron chi connectivity index (χ3n) is 3.25. The van der Waals surface area contributed by atoms with E-state index in [-0.39, 0.29) is 16.8 Å². The average Bonchev–Trinajstić information content (AvgIpc) is 2.44. The molecule has 108 valence electrons. The minimum absolute atomic E-state index is 0.0747. The Hall–Kier alpha value is -0.780. The number of benzene rings is 1. The first-order chi connectivity index (χ1) is 8.88. The molecule has 0 amide bonds. The number of halogens is 1. The summed E-state index contributed by atoms with van der Waals surface area (Å²) in [6.07, 6.45) is 0.743. The van der Waals surface area contributed by atoms with Crippen LogP contribution >= 0.6 is 11.6 Å². The van der Waals surface area contributed by atoms with Crippen LogP contribution in [-0.2, 0) is 15.9 Å². The van der Waals surface area contributed by atoms with E-state index in [0.717, 1.165) is 12.0 Å². The van der Waals surface area contributed by atoms with Crippen LogP contribution in [-0.4, -0.2) is 32.9 Å². The van der Waals surface area contributed by atoms with Gasteiger partial charge < -0.3 is 4.74 Å². The van der Waals surface area contributed by atoms with E-state index in [1.807, 2.05) is 13.8 Å². The quantitative estimate of drug-likeness (QED) is 0.759. The first-order valence-corrected chi connectivity index (χ1v) is 8.06. The van der Waals surface area contributed by atoms with Crippen molar-refractivity contribution in [1.29, 1.82) is 0 Å². The normalized spacial score (nSPS) is 13.6. The van der Waals surface area contributed by atoms with Crippen molar-refractivity contribution in [2.24, 2.45) is 0 Å². The Morgan fingerprint density at radius 2 is 2.05 bits per heavy atom. The molecule has 1 unspecified atom stereocenters. The summed E-state index contributed by atoms with van der Waals surface area (Å²) in [5.41, 5.74) is 0.749. The van der Waals surface area contributed by atoms with E-state index in [1.54, 1.807) is 25.2 Å². The lowest BCUT2D eigenvalue weighted by Gasteiger charge is -2.24. The Labute approximate surface area is 120 Å². The van der Waals surface area contributed by atoms with E-state index in [0.29, 0.717) is 5.75 Å². The Morgan fingerprint density at radius 3 is 2.53 bits per heavy atom. The predicted molar refractivity (Wildman–Crippen MR) is 77.3 cm³/mol. The lowest BCUT2D eigenvalue weighted by molar-refractivity contribution is 0.371. The van der Waals surface area contributed by atoms with Crippen LogP contribution in [0.5, 0.6) is 5.75 Å². The third kappa shape index (κ3) is 3.41. The molecule has 4 nitrogen and oxygen atoms in total. The van der Waals surface area contributed by atoms with Gasteiger partial charge in [-0.2, -0.15) is 4.31 Å². The monoisotopic (exact) mass is 305 g/mol. The number of ether oxygens (including phenoxy) is 1. The summed E-state index contributed by atoms with van der Waals surface area (Å²) < 4.78 is 31.7. The van der Waals surface area contributed by atoms with E-state index >= 15 is 0 Å². The van der Waals surface area contributed by atoms with Crippen molar-refractivity contribution in [3.05, 3.63) is 23.8 Å². The van der Waals surface area contributed by atoms with E-state index in [4.69, 9.17) is 16.3 Å². The van der Waals surface area contributed by atoms with Gasteiger partial charge in [0.15, 0.2) is 0 Å². The van der Waals surface area contributed by atoms with Gasteiger partial charge >= 0.3 is 0 Å². The Balaban J connectivity index is 3.34. The van der Waals surface area contributed by atoms with Crippen LogP contribution in [0.25, 0.3) is 0 Å². The lowest BCUT2D eigenvalue weighted by Crippen LogP contribution is -2.34. The molecular weight excluding hydrogens is 286 g/mol. The number of alkyl halides is 1. The highest BCUT2D eigenvalue weighted by Gasteiger charge is 2.27. The molecular formula is C13H20ClNO3S. The number of nitrogens with zero attached hydrogens (tertiary/aromatic N) is 1. The van der Waals surface area contributed by atoms with Gasteiger partial charge in [0.1, 0.15) is 10.6 Å². The Kier molecular flexibility index (Phi) is 5.64. The second kappa shape index (κ2) is 6.59. The van der Waals surface area contributed by atoms with E-state index < -0.39 is 10.0 Å². The van der Waals surface area contributed by atoms with Gasteiger partial charge in [-0.3, -0.25) is 0 Å². The average molecular weight is 306 g/mol. The fourth-order valence-corrected chi connectivity index (χ4v) is 3.46. The lowest BCUT2D eigenvalue weighted by atomic mass is 10.2. The van der Waals surface area contributed by atoms with Crippen LogP contribution in [0.3, 0.4) is 0 Å². The summed E-state index contributed by atoms with van der Waals surface area (Å²) in [5.74, 6) is 0.601. The van der Waals surface area contributed by atoms with Gasteiger partial charge in [0.2, 0.25) is 10.0 Å². The highest BCUT2D eigenvalue weighted by Crippen LogP contribution is 2.29. The highest BCUT2D eigenvalue weighted by molar-refractivity contribution is 7.89. The van der Waals surface area contributed by atoms with E-state index in [9.17, 15) is 8.42 Å². The fraction of sp³-hybridized carbons (Fsp3) is 0.538. The molecule has 0 N–H and O–H groups in total. The number of hydrogen-bond acceptors (Lipinski definition) is 3. The zero-order valence-electron chi connectivity index (χ0n) is 11.7. The van der Waals surface area contributed by atoms with Gasteiger partial charge in [0.25, 0.3) is 0 Å². The molecule has 0 saturated heterocycles. The van der Waals surface area contributed by atoms with Crippen molar-refractivity contribution in [1.82, 2.24) is 4.31 Å². The van der Waals surface area contributed by atoms with Gasteiger partial charge in [-0.05, 0) is 31.0 Å². The van der Waals surface area contributed by atoms with Crippen molar-refractivity contribution in [2.75, 3.05) is 14.2 Å². The molecule has 0 bridgehead atoms. The van der Waals surface area contributed by atoms with Crippen LogP contribution in [0.1, 0.15) is 25.8 Å². The second-order valence-corrected chi connectivity index (χ2v) is 6.63. The van der Waals surface area contributed by atoms with Gasteiger partial charge in [0, 0.05) is 19.0 Å². The zero-order valence-corrected chi connectivity index (χ0v) is 13.3. The van der Waals surface area contributed by atoms with Crippen LogP contribution < -0.4 is 4.74 Å². The highest BCUT2D eigenvalue weighted by atomic mass is 35.5. The first-order valence-electron chi connectivity index (χ1n) is 6.09. The SMILES string of the molecule is CCC(C)N(C)S(=O)(=O)c1cc(CCl)ccc1OC. The second-order valence-electron chi connectivity index (χ2n) is 4.40. The molecule has 0 saturated carbocycles. The zero-order chi connectivity index (χ0) is 14.6. The summed E-state index contributed by atoms with van der Waals surface area (Å²) in [4.78, 5) is 0.163. The maximum absolute atomic E-state index is 12.6. The number of sulfonamides is 1. The summed E-state index contributed by atoms with van der Waals surface area (Å²) in [6.45, 7) is 3.82. The van der Waals surface area contributed by atoms with Crippen molar-refractivity contribution in [3.63, 3.8) is 0 Å². The molecule has 0 heterocycles. The molecule has 0 fully saturated rings. The molecule has 0 aliphatic carbocycles. The third-order valence-corrected chi connectivity index (χ3v) is 5.55. The molecule has 1 atom stereocenters. The van der Waals surface area contributed by atoms with Crippen LogP contribution in [0.2, 0.25) is 0 Å². The fourth-order valence-electron chi connectivity index (χ4n) is 1.65. The minimum Gasteiger partial charge on any atom is -0.495 e. The summed E-state index contributed by atoms with van der Waals surface area (Å²) in [5, 5.41) is 0. The number of hydrogen-bond donors (Lipinski definition) is 0. The topological polar surface area (TPSA) is 46.6 Å². The molecule has 1 aromatic carbocycles. The molecule has 1 rings (SSSR count). The van der Waals surface area contributed by atoms with Crippen molar-refractivity contribution < 1.29 is 13.2 Å². The largest absolute Gasteiger partial charge is 0.495 e. The number of rotatable bonds is 6. The maximum Gasteiger partial charge on any atom is 0.246 e. The van der Waals surface area contributed by atoms with Crippen molar-refractivity contribution >= 4 is 21.6 Å². The van der Waals surface area contributed by atoms with Crippen LogP contribution in [0.15, 0.2) is 23.1 Å². The smallest absolute Gasteiger partial charge is 0.246 e. The molecule has 1 aromatic rings. The molecule has 0 aliphatic heterocycles. The maximum atomic E-state index is 12.6. The number of methoxy groups -OCH3 is 1. The van der Waals surface area contributed by atoms with Crippen LogP contribution in [0.4, 0.5) is 0 Å². The molecule has 0 aliphatic rings. The van der Waals surface area contributed by atoms with E-state index in [1.165, 1.54) is 11.4 Å². The molecule has 0 radical (unpaired) electrons. The summed E-state index contributed by atoms with van der Waals surface area (Å²) >= 11 is 5.76.